The van der Waals surface area contributed by atoms with E-state index in [-0.39, 0.29) is 6.23 Å². The molecule has 0 aromatic carbocycles. The summed E-state index contributed by atoms with van der Waals surface area (Å²) in [6.07, 6.45) is 5.06. The number of hydrogen-bond donors (Lipinski definition) is 0. The molecule has 1 unspecified atom stereocenters. The Labute approximate surface area is 124 Å². The first-order valence-electron chi connectivity index (χ1n) is 6.30. The summed E-state index contributed by atoms with van der Waals surface area (Å²) in [7, 11) is 6.61. The summed E-state index contributed by atoms with van der Waals surface area (Å²) in [5.41, 5.74) is 0. The van der Waals surface area contributed by atoms with Crippen molar-refractivity contribution < 1.29 is 14.2 Å². The molecule has 112 valence electrons. The van der Waals surface area contributed by atoms with Gasteiger partial charge in [-0.05, 0) is 28.8 Å². The molecule has 0 N–H and O–H groups in total. The Kier molecular flexibility index (Phi) is 10.9. The highest BCUT2D eigenvalue weighted by Gasteiger charge is 2.20. The fourth-order valence-corrected chi connectivity index (χ4v) is 2.09. The zero-order chi connectivity index (χ0) is 14.7. The largest absolute Gasteiger partial charge is 0.494 e. The predicted molar refractivity (Wildman–Crippen MR) is 81.4 cm³/mol. The Morgan fingerprint density at radius 3 is 2.42 bits per heavy atom. The molecule has 1 rings (SSSR count). The van der Waals surface area contributed by atoms with Gasteiger partial charge in [-0.25, -0.2) is 0 Å². The molecule has 0 radical (unpaired) electrons. The SMILES string of the molecule is CCCCC(OC)N1CC(Br)=C(OC)C=N1.COC. The van der Waals surface area contributed by atoms with Gasteiger partial charge in [0.05, 0.1) is 24.4 Å². The monoisotopic (exact) mass is 336 g/mol. The predicted octanol–water partition coefficient (Wildman–Crippen LogP) is 2.97. The third-order valence-corrected chi connectivity index (χ3v) is 3.16. The standard InChI is InChI=1S/C11H19BrN2O2.C2H6O/c1-4-5-6-11(16-3)14-8-9(12)10(15-2)7-13-14;1-3-2/h7,11H,4-6,8H2,1-3H3;1-2H3. The van der Waals surface area contributed by atoms with E-state index in [1.54, 1.807) is 34.7 Å². The molecule has 1 heterocycles. The summed E-state index contributed by atoms with van der Waals surface area (Å²) in [4.78, 5) is 0. The molecule has 0 bridgehead atoms. The minimum Gasteiger partial charge on any atom is -0.494 e. The zero-order valence-electron chi connectivity index (χ0n) is 12.5. The van der Waals surface area contributed by atoms with E-state index in [4.69, 9.17) is 9.47 Å². The van der Waals surface area contributed by atoms with Gasteiger partial charge in [-0.3, -0.25) is 5.01 Å². The second kappa shape index (κ2) is 11.3. The van der Waals surface area contributed by atoms with E-state index in [0.29, 0.717) is 6.54 Å². The Balaban J connectivity index is 0.000000982. The third-order valence-electron chi connectivity index (χ3n) is 2.52. The molecule has 1 aliphatic heterocycles. The number of nitrogens with zero attached hydrogens (tertiary/aromatic N) is 2. The van der Waals surface area contributed by atoms with Gasteiger partial charge in [0, 0.05) is 21.3 Å². The van der Waals surface area contributed by atoms with Gasteiger partial charge >= 0.3 is 0 Å². The molecule has 0 saturated carbocycles. The van der Waals surface area contributed by atoms with Crippen molar-refractivity contribution in [2.24, 2.45) is 5.10 Å². The zero-order valence-corrected chi connectivity index (χ0v) is 14.1. The van der Waals surface area contributed by atoms with Crippen LogP contribution in [-0.4, -0.2) is 52.4 Å². The molecule has 0 aliphatic carbocycles. The number of unbranched alkanes of at least 4 members (excludes halogenated alkanes) is 1. The second-order valence-corrected chi connectivity index (χ2v) is 5.01. The Bertz CT molecular complexity index is 296. The van der Waals surface area contributed by atoms with E-state index < -0.39 is 0 Å². The highest BCUT2D eigenvalue weighted by atomic mass is 79.9. The fraction of sp³-hybridized carbons (Fsp3) is 0.769. The van der Waals surface area contributed by atoms with Crippen LogP contribution in [0.25, 0.3) is 0 Å². The van der Waals surface area contributed by atoms with Crippen LogP contribution in [0.4, 0.5) is 0 Å². The average molecular weight is 337 g/mol. The first kappa shape index (κ1) is 18.4. The van der Waals surface area contributed by atoms with Crippen molar-refractivity contribution in [1.82, 2.24) is 5.01 Å². The molecule has 0 amide bonds. The van der Waals surface area contributed by atoms with E-state index in [0.717, 1.165) is 29.5 Å². The minimum atomic E-state index is 0.0437. The maximum Gasteiger partial charge on any atom is 0.150 e. The molecule has 0 saturated heterocycles. The lowest BCUT2D eigenvalue weighted by Gasteiger charge is -2.30. The van der Waals surface area contributed by atoms with E-state index in [1.165, 1.54) is 0 Å². The van der Waals surface area contributed by atoms with Crippen molar-refractivity contribution in [3.8, 4) is 0 Å². The lowest BCUT2D eigenvalue weighted by molar-refractivity contribution is -0.0331. The topological polar surface area (TPSA) is 43.3 Å². The molecule has 1 aliphatic rings. The summed E-state index contributed by atoms with van der Waals surface area (Å²) in [6.45, 7) is 2.87. The third kappa shape index (κ3) is 6.94. The van der Waals surface area contributed by atoms with Gasteiger partial charge in [-0.15, -0.1) is 0 Å². The summed E-state index contributed by atoms with van der Waals surface area (Å²) in [6, 6.07) is 0. The van der Waals surface area contributed by atoms with Gasteiger partial charge in [0.2, 0.25) is 0 Å². The van der Waals surface area contributed by atoms with Gasteiger partial charge in [-0.1, -0.05) is 13.3 Å². The van der Waals surface area contributed by atoms with Crippen LogP contribution in [0.5, 0.6) is 0 Å². The first-order valence-corrected chi connectivity index (χ1v) is 7.10. The minimum absolute atomic E-state index is 0.0437. The lowest BCUT2D eigenvalue weighted by atomic mass is 10.2. The average Bonchev–Trinajstić information content (AvgIpc) is 2.41. The molecule has 0 spiro atoms. The first-order chi connectivity index (χ1) is 9.14. The number of hydrazone groups is 1. The van der Waals surface area contributed by atoms with Crippen LogP contribution >= 0.6 is 15.9 Å². The summed E-state index contributed by atoms with van der Waals surface area (Å²) in [5, 5.41) is 6.26. The van der Waals surface area contributed by atoms with Crippen LogP contribution in [0, 0.1) is 0 Å². The number of halogens is 1. The van der Waals surface area contributed by atoms with Crippen LogP contribution in [-0.2, 0) is 14.2 Å². The van der Waals surface area contributed by atoms with Crippen LogP contribution in [0.1, 0.15) is 26.2 Å². The van der Waals surface area contributed by atoms with Crippen molar-refractivity contribution in [3.63, 3.8) is 0 Å². The van der Waals surface area contributed by atoms with Gasteiger partial charge in [0.1, 0.15) is 6.23 Å². The number of hydrogen-bond acceptors (Lipinski definition) is 5. The van der Waals surface area contributed by atoms with Crippen LogP contribution in [0.3, 0.4) is 0 Å². The van der Waals surface area contributed by atoms with Crippen LogP contribution in [0.2, 0.25) is 0 Å². The molecule has 19 heavy (non-hydrogen) atoms. The molecule has 0 aromatic rings. The van der Waals surface area contributed by atoms with Crippen molar-refractivity contribution in [3.05, 3.63) is 10.2 Å². The Hall–Kier alpha value is -0.590. The lowest BCUT2D eigenvalue weighted by Crippen LogP contribution is -2.35. The molecular formula is C13H25BrN2O3. The van der Waals surface area contributed by atoms with E-state index in [9.17, 15) is 0 Å². The summed E-state index contributed by atoms with van der Waals surface area (Å²) < 4.78 is 15.9. The molecule has 0 fully saturated rings. The van der Waals surface area contributed by atoms with Gasteiger partial charge in [0.15, 0.2) is 5.76 Å². The second-order valence-electron chi connectivity index (χ2n) is 4.06. The van der Waals surface area contributed by atoms with Crippen molar-refractivity contribution in [1.29, 1.82) is 0 Å². The molecule has 0 aromatic heterocycles. The van der Waals surface area contributed by atoms with Gasteiger partial charge < -0.3 is 14.2 Å². The molecule has 5 nitrogen and oxygen atoms in total. The van der Waals surface area contributed by atoms with Crippen LogP contribution < -0.4 is 0 Å². The van der Waals surface area contributed by atoms with Crippen molar-refractivity contribution in [2.75, 3.05) is 35.0 Å². The van der Waals surface area contributed by atoms with E-state index >= 15 is 0 Å². The van der Waals surface area contributed by atoms with E-state index in [2.05, 4.69) is 32.7 Å². The highest BCUT2D eigenvalue weighted by Crippen LogP contribution is 2.21. The van der Waals surface area contributed by atoms with Gasteiger partial charge in [0.25, 0.3) is 0 Å². The van der Waals surface area contributed by atoms with Crippen molar-refractivity contribution >= 4 is 22.1 Å². The number of rotatable bonds is 6. The number of methoxy groups -OCH3 is 3. The normalized spacial score (nSPS) is 16.0. The van der Waals surface area contributed by atoms with Crippen molar-refractivity contribution in [2.45, 2.75) is 32.4 Å². The maximum absolute atomic E-state index is 5.44. The van der Waals surface area contributed by atoms with E-state index in [1.807, 2.05) is 5.01 Å². The molecule has 1 atom stereocenters. The summed E-state index contributed by atoms with van der Waals surface area (Å²) >= 11 is 3.49. The van der Waals surface area contributed by atoms with Crippen LogP contribution in [0.15, 0.2) is 15.3 Å². The van der Waals surface area contributed by atoms with Gasteiger partial charge in [-0.2, -0.15) is 5.10 Å². The smallest absolute Gasteiger partial charge is 0.150 e. The Morgan fingerprint density at radius 1 is 1.37 bits per heavy atom. The highest BCUT2D eigenvalue weighted by molar-refractivity contribution is 9.11. The quantitative estimate of drug-likeness (QED) is 0.747. The molecular weight excluding hydrogens is 312 g/mol. The molecule has 6 heteroatoms. The Morgan fingerprint density at radius 2 is 2.00 bits per heavy atom. The number of allylic oxidation sites excluding steroid dienone is 1. The maximum atomic E-state index is 5.44. The summed E-state index contributed by atoms with van der Waals surface area (Å²) in [5.74, 6) is 0.779. The fourth-order valence-electron chi connectivity index (χ4n) is 1.56. The number of ether oxygens (including phenoxy) is 3.